The second kappa shape index (κ2) is 11.7. The van der Waals surface area contributed by atoms with Crippen LogP contribution in [0.1, 0.15) is 23.7 Å². The molecule has 0 heterocycles. The summed E-state index contributed by atoms with van der Waals surface area (Å²) in [6.07, 6.45) is 0.758. The first kappa shape index (κ1) is 26.1. The van der Waals surface area contributed by atoms with E-state index >= 15 is 0 Å². The van der Waals surface area contributed by atoms with Crippen molar-refractivity contribution >= 4 is 44.8 Å². The highest BCUT2D eigenvalue weighted by Crippen LogP contribution is 2.34. The quantitative estimate of drug-likeness (QED) is 0.418. The van der Waals surface area contributed by atoms with Crippen molar-refractivity contribution in [1.82, 2.24) is 5.32 Å². The first-order valence-corrected chi connectivity index (χ1v) is 12.7. The minimum Gasteiger partial charge on any atom is -0.495 e. The molecule has 0 bridgehead atoms. The largest absolute Gasteiger partial charge is 0.495 e. The van der Waals surface area contributed by atoms with Gasteiger partial charge in [0, 0.05) is 11.6 Å². The number of benzene rings is 3. The van der Waals surface area contributed by atoms with Crippen LogP contribution in [-0.2, 0) is 14.8 Å². The molecule has 3 aromatic carbocycles. The summed E-state index contributed by atoms with van der Waals surface area (Å²) in [6, 6.07) is 18.8. The predicted molar refractivity (Wildman–Crippen MR) is 137 cm³/mol. The molecule has 0 unspecified atom stereocenters. The predicted octanol–water partition coefficient (Wildman–Crippen LogP) is 4.32. The lowest BCUT2D eigenvalue weighted by atomic mass is 10.1. The summed E-state index contributed by atoms with van der Waals surface area (Å²) in [7, 11) is -2.78. The van der Waals surface area contributed by atoms with Crippen LogP contribution in [0.3, 0.4) is 0 Å². The second-order valence-corrected chi connectivity index (χ2v) is 9.79. The normalized spacial score (nSPS) is 10.9. The lowest BCUT2D eigenvalue weighted by Gasteiger charge is -2.26. The highest BCUT2D eigenvalue weighted by Gasteiger charge is 2.30. The van der Waals surface area contributed by atoms with Gasteiger partial charge in [-0.25, -0.2) is 8.42 Å². The van der Waals surface area contributed by atoms with E-state index in [9.17, 15) is 18.0 Å². The molecule has 0 radical (unpaired) electrons. The van der Waals surface area contributed by atoms with Gasteiger partial charge in [-0.15, -0.1) is 0 Å². The number of ether oxygens (including phenoxy) is 1. The molecule has 0 saturated heterocycles. The molecule has 35 heavy (non-hydrogen) atoms. The molecule has 0 aromatic heterocycles. The Bertz CT molecular complexity index is 1300. The van der Waals surface area contributed by atoms with Crippen LogP contribution < -0.4 is 19.7 Å². The number of halogens is 1. The first-order valence-electron chi connectivity index (χ1n) is 10.9. The van der Waals surface area contributed by atoms with E-state index in [4.69, 9.17) is 16.3 Å². The van der Waals surface area contributed by atoms with Crippen molar-refractivity contribution in [1.29, 1.82) is 0 Å². The third-order valence-corrected chi connectivity index (χ3v) is 7.02. The smallest absolute Gasteiger partial charge is 0.264 e. The van der Waals surface area contributed by atoms with Crippen molar-refractivity contribution in [2.75, 3.05) is 29.8 Å². The van der Waals surface area contributed by atoms with E-state index in [1.54, 1.807) is 48.5 Å². The Morgan fingerprint density at radius 1 is 1.00 bits per heavy atom. The van der Waals surface area contributed by atoms with Gasteiger partial charge in [-0.2, -0.15) is 0 Å². The summed E-state index contributed by atoms with van der Waals surface area (Å²) in [5.74, 6) is -0.767. The molecule has 10 heteroatoms. The van der Waals surface area contributed by atoms with Gasteiger partial charge >= 0.3 is 0 Å². The van der Waals surface area contributed by atoms with E-state index < -0.39 is 22.5 Å². The number of sulfonamides is 1. The summed E-state index contributed by atoms with van der Waals surface area (Å²) >= 11 is 6.16. The Kier molecular flexibility index (Phi) is 8.73. The zero-order valence-electron chi connectivity index (χ0n) is 19.3. The second-order valence-electron chi connectivity index (χ2n) is 7.49. The minimum absolute atomic E-state index is 0.00540. The van der Waals surface area contributed by atoms with Crippen LogP contribution in [0.25, 0.3) is 0 Å². The molecule has 2 N–H and O–H groups in total. The Morgan fingerprint density at radius 3 is 2.37 bits per heavy atom. The van der Waals surface area contributed by atoms with Gasteiger partial charge in [-0.1, -0.05) is 48.9 Å². The van der Waals surface area contributed by atoms with E-state index in [-0.39, 0.29) is 38.5 Å². The van der Waals surface area contributed by atoms with Gasteiger partial charge in [0.05, 0.1) is 28.9 Å². The molecule has 0 fully saturated rings. The molecule has 0 spiro atoms. The van der Waals surface area contributed by atoms with Crippen molar-refractivity contribution in [3.8, 4) is 5.75 Å². The highest BCUT2D eigenvalue weighted by atomic mass is 35.5. The summed E-state index contributed by atoms with van der Waals surface area (Å²) in [5.41, 5.74) is 0.640. The molecule has 3 aromatic rings. The monoisotopic (exact) mass is 515 g/mol. The van der Waals surface area contributed by atoms with Crippen LogP contribution in [-0.4, -0.2) is 40.4 Å². The van der Waals surface area contributed by atoms with Gasteiger partial charge in [0.2, 0.25) is 5.91 Å². The number of anilines is 2. The molecular weight excluding hydrogens is 490 g/mol. The summed E-state index contributed by atoms with van der Waals surface area (Å²) in [5, 5.41) is 5.70. The number of hydrogen-bond acceptors (Lipinski definition) is 5. The van der Waals surface area contributed by atoms with Gasteiger partial charge in [0.15, 0.2) is 0 Å². The van der Waals surface area contributed by atoms with Gasteiger partial charge < -0.3 is 15.4 Å². The van der Waals surface area contributed by atoms with Crippen molar-refractivity contribution in [2.45, 2.75) is 18.2 Å². The van der Waals surface area contributed by atoms with E-state index in [0.29, 0.717) is 6.54 Å². The van der Waals surface area contributed by atoms with Crippen molar-refractivity contribution in [3.05, 3.63) is 83.4 Å². The molecular formula is C25H26ClN3O5S. The van der Waals surface area contributed by atoms with Crippen LogP contribution in [0.15, 0.2) is 77.7 Å². The van der Waals surface area contributed by atoms with Gasteiger partial charge in [-0.05, 0) is 48.9 Å². The standard InChI is InChI=1S/C25H26ClN3O5S/c1-3-15-27-25(31)20-11-7-8-12-21(20)28-24(30)17-29(22-16-18(26)13-14-23(22)34-2)35(32,33)19-9-5-4-6-10-19/h4-14,16H,3,15,17H2,1-2H3,(H,27,31)(H,28,30). The van der Waals surface area contributed by atoms with Gasteiger partial charge in [0.1, 0.15) is 12.3 Å². The number of amides is 2. The summed E-state index contributed by atoms with van der Waals surface area (Å²) in [6.45, 7) is 1.83. The fourth-order valence-electron chi connectivity index (χ4n) is 3.32. The lowest BCUT2D eigenvalue weighted by molar-refractivity contribution is -0.114. The molecule has 0 saturated carbocycles. The fraction of sp³-hybridized carbons (Fsp3) is 0.200. The van der Waals surface area contributed by atoms with Crippen molar-refractivity contribution in [3.63, 3.8) is 0 Å². The molecule has 0 aliphatic heterocycles. The zero-order valence-corrected chi connectivity index (χ0v) is 20.9. The number of methoxy groups -OCH3 is 1. The maximum atomic E-state index is 13.6. The van der Waals surface area contributed by atoms with E-state index in [2.05, 4.69) is 10.6 Å². The molecule has 0 aliphatic carbocycles. The van der Waals surface area contributed by atoms with Crippen LogP contribution in [0.4, 0.5) is 11.4 Å². The SMILES string of the molecule is CCCNC(=O)c1ccccc1NC(=O)CN(c1cc(Cl)ccc1OC)S(=O)(=O)c1ccccc1. The number of rotatable bonds is 10. The topological polar surface area (TPSA) is 105 Å². The van der Waals surface area contributed by atoms with E-state index in [1.807, 2.05) is 6.92 Å². The van der Waals surface area contributed by atoms with Crippen LogP contribution >= 0.6 is 11.6 Å². The first-order chi connectivity index (χ1) is 16.8. The molecule has 8 nitrogen and oxygen atoms in total. The Morgan fingerprint density at radius 2 is 1.69 bits per heavy atom. The van der Waals surface area contributed by atoms with E-state index in [1.165, 1.54) is 31.4 Å². The Labute approximate surface area is 209 Å². The van der Waals surface area contributed by atoms with Crippen LogP contribution in [0.5, 0.6) is 5.75 Å². The van der Waals surface area contributed by atoms with Gasteiger partial charge in [-0.3, -0.25) is 13.9 Å². The van der Waals surface area contributed by atoms with Crippen molar-refractivity contribution < 1.29 is 22.7 Å². The molecule has 0 aliphatic rings. The number of nitrogens with zero attached hydrogens (tertiary/aromatic N) is 1. The number of carbonyl (C=O) groups excluding carboxylic acids is 2. The maximum absolute atomic E-state index is 13.6. The average molecular weight is 516 g/mol. The van der Waals surface area contributed by atoms with Crippen molar-refractivity contribution in [2.24, 2.45) is 0 Å². The van der Waals surface area contributed by atoms with Crippen LogP contribution in [0.2, 0.25) is 5.02 Å². The number of hydrogen-bond donors (Lipinski definition) is 2. The molecule has 184 valence electrons. The highest BCUT2D eigenvalue weighted by molar-refractivity contribution is 7.92. The van der Waals surface area contributed by atoms with Gasteiger partial charge in [0.25, 0.3) is 15.9 Å². The molecule has 3 rings (SSSR count). The third-order valence-electron chi connectivity index (χ3n) is 5.01. The zero-order chi connectivity index (χ0) is 25.4. The lowest BCUT2D eigenvalue weighted by Crippen LogP contribution is -2.38. The average Bonchev–Trinajstić information content (AvgIpc) is 2.86. The van der Waals surface area contributed by atoms with E-state index in [0.717, 1.165) is 10.7 Å². The number of para-hydroxylation sites is 1. The minimum atomic E-state index is -4.17. The number of nitrogens with one attached hydrogen (secondary N) is 2. The number of carbonyl (C=O) groups is 2. The fourth-order valence-corrected chi connectivity index (χ4v) is 4.93. The summed E-state index contributed by atoms with van der Waals surface area (Å²) < 4.78 is 33.4. The van der Waals surface area contributed by atoms with Crippen LogP contribution in [0, 0.1) is 0 Å². The third kappa shape index (κ3) is 6.32. The maximum Gasteiger partial charge on any atom is 0.264 e. The molecule has 0 atom stereocenters. The summed E-state index contributed by atoms with van der Waals surface area (Å²) in [4.78, 5) is 25.6. The Balaban J connectivity index is 1.98. The Hall–Kier alpha value is -3.56. The molecule has 2 amide bonds.